The molecular weight excluding hydrogens is 198 g/mol. The minimum Gasteiger partial charge on any atom is -0.469 e. The highest BCUT2D eigenvalue weighted by molar-refractivity contribution is 6.49. The standard InChI is InChI=1S/C11H12ClNO/c1-3-8(7-13)11(12)9-5-6-14-10(9)4-2/h5-6H,3-4H2,1-2H3/b11-8-. The van der Waals surface area contributed by atoms with Gasteiger partial charge in [0, 0.05) is 17.6 Å². The van der Waals surface area contributed by atoms with Gasteiger partial charge in [-0.1, -0.05) is 25.4 Å². The third kappa shape index (κ3) is 2.00. The average Bonchev–Trinajstić information content (AvgIpc) is 2.67. The molecule has 1 heterocycles. The monoisotopic (exact) mass is 209 g/mol. The van der Waals surface area contributed by atoms with Crippen molar-refractivity contribution < 1.29 is 4.42 Å². The molecule has 0 saturated carbocycles. The number of hydrogen-bond acceptors (Lipinski definition) is 2. The Morgan fingerprint density at radius 3 is 2.79 bits per heavy atom. The second-order valence-electron chi connectivity index (χ2n) is 2.87. The number of rotatable bonds is 3. The number of nitriles is 1. The van der Waals surface area contributed by atoms with Crippen LogP contribution in [0.2, 0.25) is 0 Å². The Balaban J connectivity index is 3.17. The van der Waals surface area contributed by atoms with Gasteiger partial charge in [-0.3, -0.25) is 0 Å². The van der Waals surface area contributed by atoms with Crippen LogP contribution >= 0.6 is 11.6 Å². The normalized spacial score (nSPS) is 12.1. The summed E-state index contributed by atoms with van der Waals surface area (Å²) < 4.78 is 5.25. The third-order valence-electron chi connectivity index (χ3n) is 2.06. The molecule has 0 spiro atoms. The summed E-state index contributed by atoms with van der Waals surface area (Å²) in [4.78, 5) is 0. The molecule has 0 saturated heterocycles. The summed E-state index contributed by atoms with van der Waals surface area (Å²) in [6.07, 6.45) is 3.02. The maximum absolute atomic E-state index is 8.84. The minimum absolute atomic E-state index is 0.514. The number of hydrogen-bond donors (Lipinski definition) is 0. The zero-order chi connectivity index (χ0) is 10.6. The Kier molecular flexibility index (Phi) is 3.79. The number of halogens is 1. The van der Waals surface area contributed by atoms with E-state index in [1.165, 1.54) is 0 Å². The predicted molar refractivity (Wildman–Crippen MR) is 56.8 cm³/mol. The Bertz CT molecular complexity index is 384. The molecular formula is C11H12ClNO. The minimum atomic E-state index is 0.514. The van der Waals surface area contributed by atoms with Gasteiger partial charge >= 0.3 is 0 Å². The van der Waals surface area contributed by atoms with Crippen molar-refractivity contribution in [3.05, 3.63) is 29.2 Å². The molecule has 0 atom stereocenters. The molecule has 1 aromatic rings. The molecule has 74 valence electrons. The smallest absolute Gasteiger partial charge is 0.112 e. The summed E-state index contributed by atoms with van der Waals surface area (Å²) >= 11 is 6.09. The van der Waals surface area contributed by atoms with E-state index in [-0.39, 0.29) is 0 Å². The summed E-state index contributed by atoms with van der Waals surface area (Å²) in [7, 11) is 0. The van der Waals surface area contributed by atoms with Crippen LogP contribution in [0.3, 0.4) is 0 Å². The first-order valence-electron chi connectivity index (χ1n) is 4.60. The van der Waals surface area contributed by atoms with E-state index in [0.29, 0.717) is 17.0 Å². The molecule has 1 rings (SSSR count). The van der Waals surface area contributed by atoms with E-state index in [1.807, 2.05) is 13.8 Å². The highest BCUT2D eigenvalue weighted by Gasteiger charge is 2.11. The average molecular weight is 210 g/mol. The van der Waals surface area contributed by atoms with Crippen molar-refractivity contribution in [1.82, 2.24) is 0 Å². The number of furan rings is 1. The maximum Gasteiger partial charge on any atom is 0.112 e. The molecule has 0 unspecified atom stereocenters. The molecule has 0 N–H and O–H groups in total. The van der Waals surface area contributed by atoms with E-state index in [0.717, 1.165) is 17.7 Å². The summed E-state index contributed by atoms with van der Waals surface area (Å²) in [5.41, 5.74) is 1.44. The molecule has 0 amide bonds. The van der Waals surface area contributed by atoms with Gasteiger partial charge in [0.2, 0.25) is 0 Å². The van der Waals surface area contributed by atoms with E-state index in [1.54, 1.807) is 12.3 Å². The first kappa shape index (κ1) is 10.9. The van der Waals surface area contributed by atoms with Crippen LogP contribution in [0.15, 0.2) is 22.3 Å². The molecule has 0 bridgehead atoms. The largest absolute Gasteiger partial charge is 0.469 e. The number of allylic oxidation sites excluding steroid dienone is 1. The van der Waals surface area contributed by atoms with Crippen molar-refractivity contribution in [2.45, 2.75) is 26.7 Å². The highest BCUT2D eigenvalue weighted by Crippen LogP contribution is 2.28. The quantitative estimate of drug-likeness (QED) is 0.712. The van der Waals surface area contributed by atoms with E-state index in [2.05, 4.69) is 6.07 Å². The molecule has 0 aliphatic rings. The lowest BCUT2D eigenvalue weighted by Gasteiger charge is -2.00. The van der Waals surface area contributed by atoms with Crippen molar-refractivity contribution in [1.29, 1.82) is 5.26 Å². The van der Waals surface area contributed by atoms with E-state index < -0.39 is 0 Å². The SMILES string of the molecule is CC/C(C#N)=C(/Cl)c1ccoc1CC. The van der Waals surface area contributed by atoms with Crippen LogP contribution in [0.4, 0.5) is 0 Å². The van der Waals surface area contributed by atoms with Crippen molar-refractivity contribution in [2.75, 3.05) is 0 Å². The molecule has 1 aromatic heterocycles. The van der Waals surface area contributed by atoms with Crippen LogP contribution in [0.1, 0.15) is 31.6 Å². The van der Waals surface area contributed by atoms with E-state index in [9.17, 15) is 0 Å². The summed E-state index contributed by atoms with van der Waals surface area (Å²) in [5.74, 6) is 0.830. The van der Waals surface area contributed by atoms with Crippen molar-refractivity contribution >= 4 is 16.6 Å². The molecule has 2 nitrogen and oxygen atoms in total. The van der Waals surface area contributed by atoms with Crippen LogP contribution in [0.25, 0.3) is 5.03 Å². The molecule has 0 fully saturated rings. The lowest BCUT2D eigenvalue weighted by atomic mass is 10.1. The van der Waals surface area contributed by atoms with Gasteiger partial charge in [0.15, 0.2) is 0 Å². The fourth-order valence-corrected chi connectivity index (χ4v) is 1.60. The molecule has 3 heteroatoms. The summed E-state index contributed by atoms with van der Waals surface area (Å²) in [6, 6.07) is 3.90. The Labute approximate surface area is 88.8 Å². The second kappa shape index (κ2) is 4.88. The van der Waals surface area contributed by atoms with Crippen LogP contribution in [-0.2, 0) is 6.42 Å². The Morgan fingerprint density at radius 1 is 1.57 bits per heavy atom. The maximum atomic E-state index is 8.84. The van der Waals surface area contributed by atoms with Gasteiger partial charge in [0.25, 0.3) is 0 Å². The van der Waals surface area contributed by atoms with Gasteiger partial charge in [-0.2, -0.15) is 5.26 Å². The lowest BCUT2D eigenvalue weighted by Crippen LogP contribution is -1.86. The van der Waals surface area contributed by atoms with Crippen LogP contribution in [0.5, 0.6) is 0 Å². The molecule has 0 aliphatic heterocycles. The first-order valence-corrected chi connectivity index (χ1v) is 4.97. The zero-order valence-electron chi connectivity index (χ0n) is 8.30. The van der Waals surface area contributed by atoms with Gasteiger partial charge in [0.1, 0.15) is 5.76 Å². The van der Waals surface area contributed by atoms with Gasteiger partial charge in [-0.15, -0.1) is 0 Å². The van der Waals surface area contributed by atoms with Gasteiger partial charge in [-0.05, 0) is 12.5 Å². The zero-order valence-corrected chi connectivity index (χ0v) is 9.06. The summed E-state index contributed by atoms with van der Waals surface area (Å²) in [6.45, 7) is 3.90. The van der Waals surface area contributed by atoms with Gasteiger partial charge in [-0.25, -0.2) is 0 Å². The van der Waals surface area contributed by atoms with Crippen molar-refractivity contribution in [2.24, 2.45) is 0 Å². The van der Waals surface area contributed by atoms with Crippen LogP contribution in [-0.4, -0.2) is 0 Å². The van der Waals surface area contributed by atoms with Crippen LogP contribution < -0.4 is 0 Å². The Hall–Kier alpha value is -1.20. The number of aryl methyl sites for hydroxylation is 1. The molecule has 0 radical (unpaired) electrons. The van der Waals surface area contributed by atoms with Crippen LogP contribution in [0, 0.1) is 11.3 Å². The molecule has 14 heavy (non-hydrogen) atoms. The number of nitrogens with zero attached hydrogens (tertiary/aromatic N) is 1. The second-order valence-corrected chi connectivity index (χ2v) is 3.25. The fourth-order valence-electron chi connectivity index (χ4n) is 1.26. The van der Waals surface area contributed by atoms with E-state index in [4.69, 9.17) is 21.3 Å². The summed E-state index contributed by atoms with van der Waals surface area (Å²) in [5, 5.41) is 9.35. The Morgan fingerprint density at radius 2 is 2.29 bits per heavy atom. The predicted octanol–water partition coefficient (Wildman–Crippen LogP) is 3.73. The molecule has 0 aromatic carbocycles. The van der Waals surface area contributed by atoms with Crippen molar-refractivity contribution in [3.63, 3.8) is 0 Å². The van der Waals surface area contributed by atoms with E-state index >= 15 is 0 Å². The molecule has 0 aliphatic carbocycles. The van der Waals surface area contributed by atoms with Crippen molar-refractivity contribution in [3.8, 4) is 6.07 Å². The topological polar surface area (TPSA) is 36.9 Å². The van der Waals surface area contributed by atoms with Gasteiger partial charge in [0.05, 0.1) is 17.4 Å². The fraction of sp³-hybridized carbons (Fsp3) is 0.364. The first-order chi connectivity index (χ1) is 6.74. The van der Waals surface area contributed by atoms with Gasteiger partial charge < -0.3 is 4.42 Å². The third-order valence-corrected chi connectivity index (χ3v) is 2.49. The lowest BCUT2D eigenvalue weighted by molar-refractivity contribution is 0.515. The highest BCUT2D eigenvalue weighted by atomic mass is 35.5.